The first-order valence-corrected chi connectivity index (χ1v) is 7.37. The fourth-order valence-corrected chi connectivity index (χ4v) is 2.73. The summed E-state index contributed by atoms with van der Waals surface area (Å²) in [6.45, 7) is 6.26. The van der Waals surface area contributed by atoms with Crippen molar-refractivity contribution in [2.75, 3.05) is 0 Å². The molecule has 0 saturated heterocycles. The molecule has 106 valence electrons. The van der Waals surface area contributed by atoms with Crippen LogP contribution in [-0.2, 0) is 6.42 Å². The zero-order valence-electron chi connectivity index (χ0n) is 12.8. The first kappa shape index (κ1) is 13.7. The van der Waals surface area contributed by atoms with Crippen LogP contribution in [0.5, 0.6) is 5.75 Å². The van der Waals surface area contributed by atoms with E-state index < -0.39 is 0 Å². The lowest BCUT2D eigenvalue weighted by Gasteiger charge is -2.05. The molecule has 1 heteroatoms. The highest BCUT2D eigenvalue weighted by Gasteiger charge is 2.19. The standard InChI is InChI=1S/C20H20O/c1-4-6-15(3)20-13-18-12-17(9-10-19(18)21-20)16-8-5-7-14(2)11-16/h4-12H,13H2,1-3H3/b6-4-,20-15+. The summed E-state index contributed by atoms with van der Waals surface area (Å²) in [5.41, 5.74) is 6.28. The largest absolute Gasteiger partial charge is 0.461 e. The van der Waals surface area contributed by atoms with E-state index in [4.69, 9.17) is 4.74 Å². The number of hydrogen-bond donors (Lipinski definition) is 0. The molecule has 3 rings (SSSR count). The van der Waals surface area contributed by atoms with E-state index in [-0.39, 0.29) is 0 Å². The molecule has 1 aliphatic rings. The number of ether oxygens (including phenoxy) is 1. The van der Waals surface area contributed by atoms with Crippen LogP contribution in [0.4, 0.5) is 0 Å². The highest BCUT2D eigenvalue weighted by molar-refractivity contribution is 5.67. The summed E-state index contributed by atoms with van der Waals surface area (Å²) in [6.07, 6.45) is 5.03. The van der Waals surface area contributed by atoms with Gasteiger partial charge in [0, 0.05) is 12.0 Å². The van der Waals surface area contributed by atoms with E-state index in [1.165, 1.54) is 27.8 Å². The van der Waals surface area contributed by atoms with E-state index >= 15 is 0 Å². The van der Waals surface area contributed by atoms with Crippen LogP contribution in [0, 0.1) is 6.92 Å². The van der Waals surface area contributed by atoms with Gasteiger partial charge in [-0.1, -0.05) is 48.0 Å². The first-order valence-electron chi connectivity index (χ1n) is 7.37. The topological polar surface area (TPSA) is 9.23 Å². The summed E-state index contributed by atoms with van der Waals surface area (Å²) in [5, 5.41) is 0. The minimum absolute atomic E-state index is 0.880. The zero-order valence-corrected chi connectivity index (χ0v) is 12.8. The van der Waals surface area contributed by atoms with Crippen molar-refractivity contribution in [3.05, 3.63) is 77.1 Å². The van der Waals surface area contributed by atoms with Gasteiger partial charge < -0.3 is 4.74 Å². The number of aryl methyl sites for hydroxylation is 1. The molecule has 0 saturated carbocycles. The van der Waals surface area contributed by atoms with Crippen LogP contribution in [0.25, 0.3) is 11.1 Å². The van der Waals surface area contributed by atoms with Gasteiger partial charge in [-0.25, -0.2) is 0 Å². The van der Waals surface area contributed by atoms with Crippen molar-refractivity contribution in [2.45, 2.75) is 27.2 Å². The number of hydrogen-bond acceptors (Lipinski definition) is 1. The Labute approximate surface area is 126 Å². The summed E-state index contributed by atoms with van der Waals surface area (Å²) >= 11 is 0. The van der Waals surface area contributed by atoms with E-state index in [0.29, 0.717) is 0 Å². The lowest BCUT2D eigenvalue weighted by Crippen LogP contribution is -1.91. The fraction of sp³-hybridized carbons (Fsp3) is 0.200. The molecule has 0 spiro atoms. The highest BCUT2D eigenvalue weighted by Crippen LogP contribution is 2.35. The fourth-order valence-electron chi connectivity index (χ4n) is 2.73. The van der Waals surface area contributed by atoms with E-state index in [9.17, 15) is 0 Å². The molecule has 1 aliphatic heterocycles. The van der Waals surface area contributed by atoms with Crippen LogP contribution < -0.4 is 4.74 Å². The van der Waals surface area contributed by atoms with Gasteiger partial charge in [0.2, 0.25) is 0 Å². The SMILES string of the molecule is C/C=C\C(C)=C1/Cc2cc(-c3cccc(C)c3)ccc2O1. The van der Waals surface area contributed by atoms with Gasteiger partial charge >= 0.3 is 0 Å². The smallest absolute Gasteiger partial charge is 0.130 e. The summed E-state index contributed by atoms with van der Waals surface area (Å²) in [7, 11) is 0. The lowest BCUT2D eigenvalue weighted by molar-refractivity contribution is 0.441. The Hall–Kier alpha value is -2.28. The molecule has 0 aromatic heterocycles. The third-order valence-electron chi connectivity index (χ3n) is 3.85. The van der Waals surface area contributed by atoms with Crippen molar-refractivity contribution in [1.29, 1.82) is 0 Å². The third-order valence-corrected chi connectivity index (χ3v) is 3.85. The molecule has 2 aromatic rings. The highest BCUT2D eigenvalue weighted by atomic mass is 16.5. The van der Waals surface area contributed by atoms with Crippen LogP contribution in [-0.4, -0.2) is 0 Å². The van der Waals surface area contributed by atoms with Crippen LogP contribution in [0.2, 0.25) is 0 Å². The van der Waals surface area contributed by atoms with Crippen molar-refractivity contribution < 1.29 is 4.74 Å². The Bertz CT molecular complexity index is 735. The number of allylic oxidation sites excluding steroid dienone is 4. The maximum atomic E-state index is 5.96. The molecule has 0 N–H and O–H groups in total. The van der Waals surface area contributed by atoms with Crippen LogP contribution >= 0.6 is 0 Å². The second-order valence-electron chi connectivity index (χ2n) is 5.58. The number of benzene rings is 2. The first-order chi connectivity index (χ1) is 10.2. The Morgan fingerprint density at radius 3 is 2.67 bits per heavy atom. The van der Waals surface area contributed by atoms with E-state index in [1.54, 1.807) is 0 Å². The van der Waals surface area contributed by atoms with E-state index in [1.807, 2.05) is 13.0 Å². The molecule has 1 nitrogen and oxygen atoms in total. The molecule has 0 radical (unpaired) electrons. The third kappa shape index (κ3) is 2.78. The molecule has 2 aromatic carbocycles. The monoisotopic (exact) mass is 276 g/mol. The average molecular weight is 276 g/mol. The Kier molecular flexibility index (Phi) is 3.66. The van der Waals surface area contributed by atoms with Crippen molar-refractivity contribution >= 4 is 0 Å². The van der Waals surface area contributed by atoms with Crippen LogP contribution in [0.15, 0.2) is 65.9 Å². The lowest BCUT2D eigenvalue weighted by atomic mass is 10.00. The van der Waals surface area contributed by atoms with Crippen molar-refractivity contribution in [2.24, 2.45) is 0 Å². The van der Waals surface area contributed by atoms with Crippen LogP contribution in [0.3, 0.4) is 0 Å². The molecule has 1 heterocycles. The maximum Gasteiger partial charge on any atom is 0.130 e. The predicted molar refractivity (Wildman–Crippen MR) is 88.5 cm³/mol. The molecule has 0 unspecified atom stereocenters. The van der Waals surface area contributed by atoms with Crippen molar-refractivity contribution in [3.8, 4) is 16.9 Å². The van der Waals surface area contributed by atoms with Crippen molar-refractivity contribution in [3.63, 3.8) is 0 Å². The van der Waals surface area contributed by atoms with Gasteiger partial charge in [0.25, 0.3) is 0 Å². The summed E-state index contributed by atoms with van der Waals surface area (Å²) in [6, 6.07) is 15.1. The number of rotatable bonds is 2. The molecule has 21 heavy (non-hydrogen) atoms. The maximum absolute atomic E-state index is 5.96. The van der Waals surface area contributed by atoms with Gasteiger partial charge in [-0.05, 0) is 49.6 Å². The average Bonchev–Trinajstić information content (AvgIpc) is 2.90. The number of fused-ring (bicyclic) bond motifs is 1. The Morgan fingerprint density at radius 2 is 1.90 bits per heavy atom. The van der Waals surface area contributed by atoms with E-state index in [0.717, 1.165) is 17.9 Å². The van der Waals surface area contributed by atoms with Gasteiger partial charge in [-0.2, -0.15) is 0 Å². The van der Waals surface area contributed by atoms with Crippen LogP contribution in [0.1, 0.15) is 25.0 Å². The second-order valence-corrected chi connectivity index (χ2v) is 5.58. The minimum Gasteiger partial charge on any atom is -0.461 e. The molecule has 0 atom stereocenters. The quantitative estimate of drug-likeness (QED) is 0.709. The zero-order chi connectivity index (χ0) is 14.8. The van der Waals surface area contributed by atoms with Gasteiger partial charge in [-0.15, -0.1) is 0 Å². The predicted octanol–water partition coefficient (Wildman–Crippen LogP) is 5.45. The van der Waals surface area contributed by atoms with Gasteiger partial charge in [-0.3, -0.25) is 0 Å². The molecule has 0 fully saturated rings. The Balaban J connectivity index is 1.96. The van der Waals surface area contributed by atoms with Crippen molar-refractivity contribution in [1.82, 2.24) is 0 Å². The van der Waals surface area contributed by atoms with E-state index in [2.05, 4.69) is 62.4 Å². The van der Waals surface area contributed by atoms with Gasteiger partial charge in [0.05, 0.1) is 0 Å². The van der Waals surface area contributed by atoms with Gasteiger partial charge in [0.15, 0.2) is 0 Å². The summed E-state index contributed by atoms with van der Waals surface area (Å²) in [4.78, 5) is 0. The molecule has 0 bridgehead atoms. The normalized spacial score (nSPS) is 16.0. The molecule has 0 aliphatic carbocycles. The molecule has 0 amide bonds. The Morgan fingerprint density at radius 1 is 1.10 bits per heavy atom. The molecular formula is C20H20O. The van der Waals surface area contributed by atoms with Gasteiger partial charge in [0.1, 0.15) is 11.5 Å². The summed E-state index contributed by atoms with van der Waals surface area (Å²) in [5.74, 6) is 2.05. The minimum atomic E-state index is 0.880. The second kappa shape index (κ2) is 5.61. The summed E-state index contributed by atoms with van der Waals surface area (Å²) < 4.78 is 5.96. The molecular weight excluding hydrogens is 256 g/mol.